The number of piperidine rings is 1. The Morgan fingerprint density at radius 1 is 1.11 bits per heavy atom. The molecule has 0 bridgehead atoms. The van der Waals surface area contributed by atoms with Gasteiger partial charge in [-0.25, -0.2) is 0 Å². The van der Waals surface area contributed by atoms with E-state index in [1.807, 2.05) is 4.90 Å². The monoisotopic (exact) mass is 484 g/mol. The highest BCUT2D eigenvalue weighted by Crippen LogP contribution is 2.56. The smallest absolute Gasteiger partial charge is 0.255 e. The molecule has 7 N–H and O–H groups in total. The number of primary amides is 1. The van der Waals surface area contributed by atoms with Crippen molar-refractivity contribution < 1.29 is 39.9 Å². The summed E-state index contributed by atoms with van der Waals surface area (Å²) in [5, 5.41) is 55.8. The normalized spacial score (nSPS) is 32.8. The highest BCUT2D eigenvalue weighted by molar-refractivity contribution is 6.23. The third-order valence-corrected chi connectivity index (χ3v) is 8.18. The van der Waals surface area contributed by atoms with Crippen molar-refractivity contribution >= 4 is 28.9 Å². The summed E-state index contributed by atoms with van der Waals surface area (Å²) in [7, 11) is 0. The molecule has 1 saturated heterocycles. The van der Waals surface area contributed by atoms with E-state index in [0.717, 1.165) is 32.4 Å². The van der Waals surface area contributed by atoms with Crippen molar-refractivity contribution in [3.8, 4) is 5.75 Å². The maximum absolute atomic E-state index is 13.7. The van der Waals surface area contributed by atoms with Gasteiger partial charge in [0.1, 0.15) is 22.8 Å². The number of Topliss-reactive ketones (excluding diaryl/α,β-unsaturated/α-hetero) is 2. The Morgan fingerprint density at radius 3 is 2.40 bits per heavy atom. The number of benzene rings is 1. The van der Waals surface area contributed by atoms with E-state index in [1.165, 1.54) is 0 Å². The Hall–Kier alpha value is -3.37. The standard InChI is InChI=1S/C25H28N2O8/c1-10-11-5-6-13(27-7-3-2-4-8-27)20(30)16(11)21(31)18-15(10)19(29)12-9-14(28)17(24(26)34)22(32)25(12,35)23(18)33/h5-6,10,12,15,19,29-32,35H,2-4,7-9H2,1H3,(H2,26,34)/t10-,12+,15+,19+,25+/m0/s1. The number of aromatic hydroxyl groups is 1. The number of hydrogen-bond acceptors (Lipinski definition) is 9. The van der Waals surface area contributed by atoms with Crippen LogP contribution in [0.5, 0.6) is 5.75 Å². The fourth-order valence-corrected chi connectivity index (χ4v) is 6.38. The Bertz CT molecular complexity index is 1230. The molecule has 10 nitrogen and oxygen atoms in total. The van der Waals surface area contributed by atoms with Gasteiger partial charge in [0.2, 0.25) is 5.78 Å². The van der Waals surface area contributed by atoms with Gasteiger partial charge in [-0.05, 0) is 36.8 Å². The Labute approximate surface area is 201 Å². The first-order valence-corrected chi connectivity index (χ1v) is 11.8. The van der Waals surface area contributed by atoms with Crippen LogP contribution in [-0.4, -0.2) is 67.8 Å². The van der Waals surface area contributed by atoms with Crippen LogP contribution in [-0.2, 0) is 14.4 Å². The number of nitrogens with zero attached hydrogens (tertiary/aromatic N) is 1. The number of aliphatic hydroxyl groups is 4. The Morgan fingerprint density at radius 2 is 1.77 bits per heavy atom. The van der Waals surface area contributed by atoms with Gasteiger partial charge >= 0.3 is 0 Å². The van der Waals surface area contributed by atoms with E-state index < -0.39 is 70.4 Å². The molecule has 1 aliphatic heterocycles. The van der Waals surface area contributed by atoms with Crippen LogP contribution in [0.15, 0.2) is 29.0 Å². The third kappa shape index (κ3) is 2.99. The van der Waals surface area contributed by atoms with Crippen molar-refractivity contribution in [1.82, 2.24) is 0 Å². The van der Waals surface area contributed by atoms with Gasteiger partial charge < -0.3 is 36.2 Å². The van der Waals surface area contributed by atoms with Gasteiger partial charge in [-0.3, -0.25) is 14.4 Å². The summed E-state index contributed by atoms with van der Waals surface area (Å²) in [6.45, 7) is 3.17. The third-order valence-electron chi connectivity index (χ3n) is 8.18. The van der Waals surface area contributed by atoms with Gasteiger partial charge in [0.15, 0.2) is 11.4 Å². The van der Waals surface area contributed by atoms with Crippen LogP contribution in [0.25, 0.3) is 5.76 Å². The van der Waals surface area contributed by atoms with Crippen molar-refractivity contribution in [2.24, 2.45) is 17.6 Å². The van der Waals surface area contributed by atoms with Gasteiger partial charge in [0.05, 0.1) is 17.4 Å². The van der Waals surface area contributed by atoms with E-state index in [2.05, 4.69) is 0 Å². The topological polar surface area (TPSA) is 182 Å². The van der Waals surface area contributed by atoms with E-state index in [4.69, 9.17) is 5.73 Å². The summed E-state index contributed by atoms with van der Waals surface area (Å²) in [5.74, 6) is -8.44. The second kappa shape index (κ2) is 7.82. The van der Waals surface area contributed by atoms with Crippen LogP contribution < -0.4 is 10.6 Å². The number of nitrogens with two attached hydrogens (primary N) is 1. The molecule has 1 saturated carbocycles. The van der Waals surface area contributed by atoms with E-state index in [0.29, 0.717) is 11.3 Å². The van der Waals surface area contributed by atoms with Crippen molar-refractivity contribution in [2.45, 2.75) is 50.2 Å². The predicted octanol–water partition coefficient (Wildman–Crippen LogP) is 0.946. The number of fused-ring (bicyclic) bond motifs is 3. The number of hydrogen-bond donors (Lipinski definition) is 6. The van der Waals surface area contributed by atoms with E-state index in [9.17, 15) is 39.9 Å². The summed E-state index contributed by atoms with van der Waals surface area (Å²) < 4.78 is 0. The van der Waals surface area contributed by atoms with Gasteiger partial charge in [-0.1, -0.05) is 13.0 Å². The number of anilines is 1. The first-order chi connectivity index (χ1) is 16.5. The van der Waals surface area contributed by atoms with Gasteiger partial charge in [0.25, 0.3) is 5.91 Å². The largest absolute Gasteiger partial charge is 0.508 e. The highest BCUT2D eigenvalue weighted by Gasteiger charge is 2.64. The summed E-state index contributed by atoms with van der Waals surface area (Å²) in [4.78, 5) is 39.9. The number of phenolic OH excluding ortho intramolecular Hbond substituents is 1. The van der Waals surface area contributed by atoms with Crippen LogP contribution in [0.2, 0.25) is 0 Å². The minimum absolute atomic E-state index is 0.0277. The van der Waals surface area contributed by atoms with Crippen LogP contribution in [0.1, 0.15) is 49.7 Å². The molecule has 0 radical (unpaired) electrons. The van der Waals surface area contributed by atoms with Crippen LogP contribution in [0.4, 0.5) is 5.69 Å². The first kappa shape index (κ1) is 23.4. The molecule has 1 amide bonds. The number of carbonyl (C=O) groups is 3. The second-order valence-electron chi connectivity index (χ2n) is 9.93. The molecule has 0 spiro atoms. The lowest BCUT2D eigenvalue weighted by atomic mass is 9.55. The molecule has 0 aromatic heterocycles. The fourth-order valence-electron chi connectivity index (χ4n) is 6.38. The van der Waals surface area contributed by atoms with Crippen molar-refractivity contribution in [1.29, 1.82) is 0 Å². The van der Waals surface area contributed by atoms with Gasteiger partial charge in [-0.2, -0.15) is 0 Å². The predicted molar refractivity (Wildman–Crippen MR) is 124 cm³/mol. The summed E-state index contributed by atoms with van der Waals surface area (Å²) in [6, 6.07) is 3.49. The molecule has 10 heteroatoms. The summed E-state index contributed by atoms with van der Waals surface area (Å²) in [6.07, 6.45) is 0.869. The van der Waals surface area contributed by atoms with Crippen LogP contribution in [0.3, 0.4) is 0 Å². The molecule has 0 unspecified atom stereocenters. The zero-order valence-electron chi connectivity index (χ0n) is 19.2. The molecule has 35 heavy (non-hydrogen) atoms. The lowest BCUT2D eigenvalue weighted by Crippen LogP contribution is -2.63. The van der Waals surface area contributed by atoms with Crippen molar-refractivity contribution in [2.75, 3.05) is 18.0 Å². The zero-order valence-corrected chi connectivity index (χ0v) is 19.2. The zero-order chi connectivity index (χ0) is 25.4. The molecule has 2 fully saturated rings. The van der Waals surface area contributed by atoms with E-state index in [-0.39, 0.29) is 16.9 Å². The number of amides is 1. The molecular weight excluding hydrogens is 456 g/mol. The Balaban J connectivity index is 1.71. The molecule has 1 aromatic carbocycles. The summed E-state index contributed by atoms with van der Waals surface area (Å²) in [5.41, 5.74) is 2.14. The highest BCUT2D eigenvalue weighted by atomic mass is 16.4. The van der Waals surface area contributed by atoms with E-state index >= 15 is 0 Å². The molecule has 3 aliphatic carbocycles. The number of ketones is 2. The minimum atomic E-state index is -2.82. The van der Waals surface area contributed by atoms with Crippen LogP contribution >= 0.6 is 0 Å². The van der Waals surface area contributed by atoms with E-state index in [1.54, 1.807) is 19.1 Å². The first-order valence-electron chi connectivity index (χ1n) is 11.8. The molecular formula is C25H28N2O8. The lowest BCUT2D eigenvalue weighted by Gasteiger charge is -2.50. The minimum Gasteiger partial charge on any atom is -0.508 e. The quantitative estimate of drug-likeness (QED) is 0.333. The van der Waals surface area contributed by atoms with Crippen molar-refractivity contribution in [3.63, 3.8) is 0 Å². The molecule has 1 heterocycles. The number of rotatable bonds is 2. The second-order valence-corrected chi connectivity index (χ2v) is 9.93. The molecule has 5 rings (SSSR count). The molecule has 186 valence electrons. The average molecular weight is 485 g/mol. The molecule has 1 aromatic rings. The number of phenols is 1. The Kier molecular flexibility index (Phi) is 5.22. The SMILES string of the molecule is C[C@H]1c2ccc(N3CCCCC3)c(O)c2C(O)=C2C(=O)[C@]3(O)C(O)=C(C(N)=O)C(=O)C[C@@H]3[C@@H](O)[C@@H]21. The van der Waals surface area contributed by atoms with Gasteiger partial charge in [0, 0.05) is 36.9 Å². The maximum atomic E-state index is 13.7. The number of aliphatic hydroxyl groups excluding tert-OH is 3. The number of carbonyl (C=O) groups excluding carboxylic acids is 3. The summed E-state index contributed by atoms with van der Waals surface area (Å²) >= 11 is 0. The van der Waals surface area contributed by atoms with Gasteiger partial charge in [-0.15, -0.1) is 0 Å². The molecule has 4 aliphatic rings. The average Bonchev–Trinajstić information content (AvgIpc) is 2.82. The molecule has 5 atom stereocenters. The van der Waals surface area contributed by atoms with Crippen molar-refractivity contribution in [3.05, 3.63) is 40.2 Å². The van der Waals surface area contributed by atoms with Crippen LogP contribution in [0, 0.1) is 11.8 Å². The fraction of sp³-hybridized carbons (Fsp3) is 0.480. The maximum Gasteiger partial charge on any atom is 0.255 e. The lowest BCUT2D eigenvalue weighted by molar-refractivity contribution is -0.160.